The third-order valence-corrected chi connectivity index (χ3v) is 5.69. The third kappa shape index (κ3) is 2.95. The minimum Gasteiger partial charge on any atom is -0.462 e. The molecule has 1 aliphatic heterocycles. The normalized spacial score (nSPS) is 19.4. The van der Waals surface area contributed by atoms with Crippen LogP contribution in [0.5, 0.6) is 0 Å². The molecule has 140 valence electrons. The Morgan fingerprint density at radius 1 is 1.22 bits per heavy atom. The predicted molar refractivity (Wildman–Crippen MR) is 98.3 cm³/mol. The van der Waals surface area contributed by atoms with Crippen LogP contribution in [-0.2, 0) is 16.6 Å². The first kappa shape index (κ1) is 17.5. The zero-order chi connectivity index (χ0) is 19.1. The Morgan fingerprint density at radius 2 is 1.96 bits per heavy atom. The van der Waals surface area contributed by atoms with Gasteiger partial charge in [-0.05, 0) is 36.4 Å². The maximum absolute atomic E-state index is 13.1. The lowest BCUT2D eigenvalue weighted by Crippen LogP contribution is -2.22. The molecule has 1 aliphatic rings. The molecule has 3 heterocycles. The van der Waals surface area contributed by atoms with E-state index in [4.69, 9.17) is 4.74 Å². The largest absolute Gasteiger partial charge is 0.462 e. The van der Waals surface area contributed by atoms with Crippen LogP contribution in [0, 0.1) is 6.92 Å². The highest BCUT2D eigenvalue weighted by molar-refractivity contribution is 8.00. The number of cyclic esters (lactones) is 1. The van der Waals surface area contributed by atoms with Gasteiger partial charge in [-0.25, -0.2) is 4.68 Å². The van der Waals surface area contributed by atoms with Gasteiger partial charge in [0.15, 0.2) is 5.69 Å². The molecule has 9 nitrogen and oxygen atoms in total. The van der Waals surface area contributed by atoms with Crippen molar-refractivity contribution in [1.82, 2.24) is 29.6 Å². The lowest BCUT2D eigenvalue weighted by atomic mass is 10.3. The number of nitrogens with zero attached hydrogens (tertiary/aromatic N) is 6. The van der Waals surface area contributed by atoms with Crippen LogP contribution in [0.3, 0.4) is 0 Å². The number of thioether (sulfide) groups is 1. The molecule has 10 heteroatoms. The molecule has 0 amide bonds. The Hall–Kier alpha value is -2.88. The summed E-state index contributed by atoms with van der Waals surface area (Å²) in [6.07, 6.45) is 0.450. The van der Waals surface area contributed by atoms with Gasteiger partial charge in [0.25, 0.3) is 5.56 Å². The molecule has 0 bridgehead atoms. The molecule has 3 aromatic rings. The lowest BCUT2D eigenvalue weighted by molar-refractivity contribution is -0.140. The average molecular weight is 386 g/mol. The van der Waals surface area contributed by atoms with E-state index < -0.39 is 0 Å². The monoisotopic (exact) mass is 386 g/mol. The molecule has 4 rings (SSSR count). The van der Waals surface area contributed by atoms with Gasteiger partial charge in [-0.15, -0.1) is 5.10 Å². The molecule has 1 aromatic carbocycles. The Labute approximate surface area is 158 Å². The van der Waals surface area contributed by atoms with Crippen molar-refractivity contribution in [3.05, 3.63) is 46.4 Å². The first-order chi connectivity index (χ1) is 13.0. The quantitative estimate of drug-likeness (QED) is 0.623. The summed E-state index contributed by atoms with van der Waals surface area (Å²) in [5, 5.41) is 11.7. The van der Waals surface area contributed by atoms with E-state index in [9.17, 15) is 9.59 Å². The van der Waals surface area contributed by atoms with E-state index in [1.165, 1.54) is 16.4 Å². The highest BCUT2D eigenvalue weighted by atomic mass is 32.2. The second-order valence-corrected chi connectivity index (χ2v) is 7.54. The summed E-state index contributed by atoms with van der Waals surface area (Å²) in [7, 11) is 1.81. The number of esters is 1. The van der Waals surface area contributed by atoms with E-state index in [0.717, 1.165) is 5.69 Å². The number of benzene rings is 1. The highest BCUT2D eigenvalue weighted by Crippen LogP contribution is 2.31. The van der Waals surface area contributed by atoms with Crippen molar-refractivity contribution in [2.75, 3.05) is 0 Å². The van der Waals surface area contributed by atoms with Gasteiger partial charge in [-0.2, -0.15) is 4.68 Å². The predicted octanol–water partition coefficient (Wildman–Crippen LogP) is 1.26. The topological polar surface area (TPSA) is 96.8 Å². The molecule has 1 saturated heterocycles. The third-order valence-electron chi connectivity index (χ3n) is 4.55. The molecule has 27 heavy (non-hydrogen) atoms. The lowest BCUT2D eigenvalue weighted by Gasteiger charge is -2.07. The molecule has 2 unspecified atom stereocenters. The van der Waals surface area contributed by atoms with Crippen LogP contribution in [0.1, 0.15) is 19.0 Å². The first-order valence-corrected chi connectivity index (χ1v) is 9.35. The van der Waals surface area contributed by atoms with E-state index in [-0.39, 0.29) is 22.9 Å². The second kappa shape index (κ2) is 6.69. The van der Waals surface area contributed by atoms with Crippen LogP contribution in [0.25, 0.3) is 11.4 Å². The van der Waals surface area contributed by atoms with Crippen LogP contribution in [0.2, 0.25) is 0 Å². The van der Waals surface area contributed by atoms with E-state index in [1.54, 1.807) is 16.4 Å². The van der Waals surface area contributed by atoms with Crippen LogP contribution < -0.4 is 5.56 Å². The Kier molecular flexibility index (Phi) is 4.34. The number of hydrogen-bond acceptors (Lipinski definition) is 7. The smallest absolute Gasteiger partial charge is 0.319 e. The zero-order valence-electron chi connectivity index (χ0n) is 15.1. The average Bonchev–Trinajstić information content (AvgIpc) is 3.28. The molecule has 1 fully saturated rings. The van der Waals surface area contributed by atoms with Crippen molar-refractivity contribution in [2.24, 2.45) is 7.05 Å². The highest BCUT2D eigenvalue weighted by Gasteiger charge is 2.35. The summed E-state index contributed by atoms with van der Waals surface area (Å²) in [6.45, 7) is 3.68. The summed E-state index contributed by atoms with van der Waals surface area (Å²) in [5.74, 6) is -0.284. The van der Waals surface area contributed by atoms with Gasteiger partial charge in [-0.1, -0.05) is 30.0 Å². The van der Waals surface area contributed by atoms with Crippen LogP contribution in [-0.4, -0.2) is 46.9 Å². The minimum absolute atomic E-state index is 0.131. The fourth-order valence-electron chi connectivity index (χ4n) is 3.13. The Bertz CT molecular complexity index is 1050. The summed E-state index contributed by atoms with van der Waals surface area (Å²) < 4.78 is 9.91. The SMILES string of the molecule is Cc1c(-n2nnnc2SC2CC(C)OC2=O)c(=O)n(-c2ccccc2)n1C. The van der Waals surface area contributed by atoms with E-state index in [2.05, 4.69) is 15.5 Å². The fourth-order valence-corrected chi connectivity index (χ4v) is 4.22. The van der Waals surface area contributed by atoms with E-state index in [0.29, 0.717) is 23.0 Å². The molecule has 2 aromatic heterocycles. The van der Waals surface area contributed by atoms with Gasteiger partial charge in [0.1, 0.15) is 11.4 Å². The van der Waals surface area contributed by atoms with Crippen molar-refractivity contribution in [1.29, 1.82) is 0 Å². The Morgan fingerprint density at radius 3 is 2.63 bits per heavy atom. The standard InChI is InChI=1S/C17H18N6O3S/c1-10-9-13(16(25)26-10)27-17-18-19-20-22(17)14-11(2)21(3)23(15(14)24)12-7-5-4-6-8-12/h4-8,10,13H,9H2,1-3H3. The maximum Gasteiger partial charge on any atom is 0.319 e. The number of carbonyl (C=O) groups is 1. The molecule has 0 spiro atoms. The van der Waals surface area contributed by atoms with Crippen molar-refractivity contribution in [3.63, 3.8) is 0 Å². The zero-order valence-corrected chi connectivity index (χ0v) is 15.9. The molecule has 0 aliphatic carbocycles. The number of tetrazole rings is 1. The first-order valence-electron chi connectivity index (χ1n) is 8.47. The number of ether oxygens (including phenoxy) is 1. The van der Waals surface area contributed by atoms with Gasteiger partial charge >= 0.3 is 5.97 Å². The Balaban J connectivity index is 1.77. The number of hydrogen-bond donors (Lipinski definition) is 0. The minimum atomic E-state index is -0.384. The number of carbonyl (C=O) groups excluding carboxylic acids is 1. The maximum atomic E-state index is 13.1. The van der Waals surface area contributed by atoms with Crippen molar-refractivity contribution < 1.29 is 9.53 Å². The summed E-state index contributed by atoms with van der Waals surface area (Å²) in [4.78, 5) is 25.1. The van der Waals surface area contributed by atoms with Gasteiger partial charge in [0.05, 0.1) is 11.4 Å². The van der Waals surface area contributed by atoms with Gasteiger partial charge in [0, 0.05) is 13.5 Å². The molecule has 2 atom stereocenters. The second-order valence-electron chi connectivity index (χ2n) is 6.37. The molecule has 0 N–H and O–H groups in total. The number of para-hydroxylation sites is 1. The van der Waals surface area contributed by atoms with Crippen LogP contribution in [0.15, 0.2) is 40.3 Å². The molecular formula is C17H18N6O3S. The van der Waals surface area contributed by atoms with Crippen LogP contribution in [0.4, 0.5) is 0 Å². The fraction of sp³-hybridized carbons (Fsp3) is 0.353. The van der Waals surface area contributed by atoms with Crippen LogP contribution >= 0.6 is 11.8 Å². The molecule has 0 radical (unpaired) electrons. The van der Waals surface area contributed by atoms with Gasteiger partial charge in [-0.3, -0.25) is 14.3 Å². The van der Waals surface area contributed by atoms with Crippen molar-refractivity contribution >= 4 is 17.7 Å². The molecule has 0 saturated carbocycles. The summed E-state index contributed by atoms with van der Waals surface area (Å²) in [6, 6.07) is 9.35. The van der Waals surface area contributed by atoms with Crippen molar-refractivity contribution in [2.45, 2.75) is 36.8 Å². The van der Waals surface area contributed by atoms with Crippen molar-refractivity contribution in [3.8, 4) is 11.4 Å². The van der Waals surface area contributed by atoms with Gasteiger partial charge in [0.2, 0.25) is 5.16 Å². The van der Waals surface area contributed by atoms with E-state index >= 15 is 0 Å². The van der Waals surface area contributed by atoms with Gasteiger partial charge < -0.3 is 4.74 Å². The summed E-state index contributed by atoms with van der Waals surface area (Å²) >= 11 is 1.21. The molecular weight excluding hydrogens is 368 g/mol. The summed E-state index contributed by atoms with van der Waals surface area (Å²) in [5.41, 5.74) is 1.57. The number of rotatable bonds is 4. The number of aromatic nitrogens is 6. The van der Waals surface area contributed by atoms with E-state index in [1.807, 2.05) is 44.2 Å².